The van der Waals surface area contributed by atoms with E-state index >= 15 is 0 Å². The van der Waals surface area contributed by atoms with E-state index < -0.39 is 30.0 Å². The minimum atomic E-state index is -4.95. The largest absolute Gasteiger partial charge is 0.479 e. The van der Waals surface area contributed by atoms with Crippen molar-refractivity contribution in [1.29, 1.82) is 0 Å². The van der Waals surface area contributed by atoms with E-state index in [1.165, 1.54) is 0 Å². The molecule has 1 atom stereocenters. The molecule has 0 bridgehead atoms. The maximum atomic E-state index is 12.9. The molecule has 1 N–H and O–H groups in total. The first-order chi connectivity index (χ1) is 7.23. The van der Waals surface area contributed by atoms with E-state index in [4.69, 9.17) is 5.11 Å². The lowest BCUT2D eigenvalue weighted by molar-refractivity contribution is -0.243. The van der Waals surface area contributed by atoms with Crippen LogP contribution >= 0.6 is 0 Å². The van der Waals surface area contributed by atoms with Crippen molar-refractivity contribution < 1.29 is 27.9 Å². The molecule has 1 saturated heterocycles. The number of carbonyl (C=O) groups is 2. The summed E-state index contributed by atoms with van der Waals surface area (Å²) in [7, 11) is 0. The standard InChI is InChI=1S/C9H12F3NO3/c1-6(14)13-5-3-2-4-8(13,7(15)16)9(10,11)12/h2-5H2,1H3,(H,15,16). The number of alkyl halides is 3. The van der Waals surface area contributed by atoms with Gasteiger partial charge in [0.25, 0.3) is 0 Å². The van der Waals surface area contributed by atoms with Gasteiger partial charge in [-0.1, -0.05) is 0 Å². The molecule has 1 rings (SSSR count). The molecule has 1 heterocycles. The van der Waals surface area contributed by atoms with Gasteiger partial charge in [-0.05, 0) is 19.3 Å². The summed E-state index contributed by atoms with van der Waals surface area (Å²) in [4.78, 5) is 22.5. The van der Waals surface area contributed by atoms with Crippen molar-refractivity contribution >= 4 is 11.9 Å². The van der Waals surface area contributed by atoms with Gasteiger partial charge in [-0.2, -0.15) is 13.2 Å². The molecule has 0 aromatic rings. The van der Waals surface area contributed by atoms with Crippen LogP contribution in [0.3, 0.4) is 0 Å². The number of amides is 1. The average Bonchev–Trinajstić information content (AvgIpc) is 2.15. The summed E-state index contributed by atoms with van der Waals surface area (Å²) in [5.74, 6) is -2.87. The van der Waals surface area contributed by atoms with E-state index in [1.807, 2.05) is 0 Å². The molecule has 1 amide bonds. The summed E-state index contributed by atoms with van der Waals surface area (Å²) in [6.07, 6.45) is -4.99. The lowest BCUT2D eigenvalue weighted by Crippen LogP contribution is -2.66. The van der Waals surface area contributed by atoms with E-state index in [1.54, 1.807) is 0 Å². The summed E-state index contributed by atoms with van der Waals surface area (Å²) >= 11 is 0. The molecule has 7 heteroatoms. The third-order valence-electron chi connectivity index (χ3n) is 2.83. The van der Waals surface area contributed by atoms with Crippen molar-refractivity contribution in [2.45, 2.75) is 37.9 Å². The number of rotatable bonds is 1. The van der Waals surface area contributed by atoms with Gasteiger partial charge < -0.3 is 10.0 Å². The summed E-state index contributed by atoms with van der Waals surface area (Å²) in [6, 6.07) is 0. The number of hydrogen-bond donors (Lipinski definition) is 1. The number of aliphatic carboxylic acids is 1. The number of hydrogen-bond acceptors (Lipinski definition) is 2. The van der Waals surface area contributed by atoms with Gasteiger partial charge in [-0.25, -0.2) is 4.79 Å². The fourth-order valence-electron chi connectivity index (χ4n) is 2.04. The minimum Gasteiger partial charge on any atom is -0.479 e. The van der Waals surface area contributed by atoms with Gasteiger partial charge in [0.2, 0.25) is 11.4 Å². The Morgan fingerprint density at radius 2 is 1.88 bits per heavy atom. The summed E-state index contributed by atoms with van der Waals surface area (Å²) in [5, 5.41) is 8.83. The van der Waals surface area contributed by atoms with Crippen LogP contribution in [0.2, 0.25) is 0 Å². The number of piperidine rings is 1. The Bertz CT molecular complexity index is 316. The van der Waals surface area contributed by atoms with Gasteiger partial charge in [-0.3, -0.25) is 4.79 Å². The maximum Gasteiger partial charge on any atom is 0.422 e. The topological polar surface area (TPSA) is 57.6 Å². The van der Waals surface area contributed by atoms with Crippen molar-refractivity contribution in [3.63, 3.8) is 0 Å². The van der Waals surface area contributed by atoms with Gasteiger partial charge in [-0.15, -0.1) is 0 Å². The predicted octanol–water partition coefficient (Wildman–Crippen LogP) is 1.40. The molecule has 1 fully saturated rings. The Labute approximate surface area is 90.0 Å². The van der Waals surface area contributed by atoms with E-state index in [0.29, 0.717) is 11.3 Å². The van der Waals surface area contributed by atoms with Crippen LogP contribution in [-0.4, -0.2) is 40.1 Å². The third kappa shape index (κ3) is 1.74. The smallest absolute Gasteiger partial charge is 0.422 e. The average molecular weight is 239 g/mol. The van der Waals surface area contributed by atoms with Crippen LogP contribution in [0.4, 0.5) is 13.2 Å². The second kappa shape index (κ2) is 3.95. The van der Waals surface area contributed by atoms with E-state index in [-0.39, 0.29) is 13.0 Å². The predicted molar refractivity (Wildman–Crippen MR) is 47.7 cm³/mol. The van der Waals surface area contributed by atoms with Crippen LogP contribution in [0.5, 0.6) is 0 Å². The number of carboxylic acids is 1. The first kappa shape index (κ1) is 12.8. The number of carbonyl (C=O) groups excluding carboxylic acids is 1. The van der Waals surface area contributed by atoms with Crippen LogP contribution in [0.25, 0.3) is 0 Å². The van der Waals surface area contributed by atoms with Gasteiger partial charge in [0.15, 0.2) is 0 Å². The van der Waals surface area contributed by atoms with Gasteiger partial charge >= 0.3 is 12.1 Å². The van der Waals surface area contributed by atoms with Gasteiger partial charge in [0, 0.05) is 13.5 Å². The van der Waals surface area contributed by atoms with E-state index in [0.717, 1.165) is 6.92 Å². The Kier molecular flexibility index (Phi) is 3.16. The molecule has 0 saturated carbocycles. The number of carboxylic acid groups (broad SMARTS) is 1. The second-order valence-corrected chi connectivity index (χ2v) is 3.79. The Morgan fingerprint density at radius 3 is 2.19 bits per heavy atom. The zero-order valence-electron chi connectivity index (χ0n) is 8.67. The van der Waals surface area contributed by atoms with Crippen molar-refractivity contribution in [3.8, 4) is 0 Å². The Hall–Kier alpha value is -1.27. The normalized spacial score (nSPS) is 26.6. The number of likely N-dealkylation sites (tertiary alicyclic amines) is 1. The van der Waals surface area contributed by atoms with Crippen molar-refractivity contribution in [2.75, 3.05) is 6.54 Å². The molecular weight excluding hydrogens is 227 g/mol. The summed E-state index contributed by atoms with van der Waals surface area (Å²) < 4.78 is 38.6. The molecule has 1 unspecified atom stereocenters. The lowest BCUT2D eigenvalue weighted by Gasteiger charge is -2.44. The molecule has 0 aromatic carbocycles. The fourth-order valence-corrected chi connectivity index (χ4v) is 2.04. The summed E-state index contributed by atoms with van der Waals surface area (Å²) in [6.45, 7) is 0.788. The molecule has 0 aliphatic carbocycles. The van der Waals surface area contributed by atoms with Crippen LogP contribution in [0.1, 0.15) is 26.2 Å². The molecule has 0 radical (unpaired) electrons. The quantitative estimate of drug-likeness (QED) is 0.752. The highest BCUT2D eigenvalue weighted by atomic mass is 19.4. The molecule has 0 spiro atoms. The second-order valence-electron chi connectivity index (χ2n) is 3.79. The SMILES string of the molecule is CC(=O)N1CCCCC1(C(=O)O)C(F)(F)F. The molecule has 1 aliphatic heterocycles. The monoisotopic (exact) mass is 239 g/mol. The van der Waals surface area contributed by atoms with Gasteiger partial charge in [0.1, 0.15) is 0 Å². The zero-order valence-corrected chi connectivity index (χ0v) is 8.67. The third-order valence-corrected chi connectivity index (χ3v) is 2.83. The molecular formula is C9H12F3NO3. The molecule has 1 aliphatic rings. The Morgan fingerprint density at radius 1 is 1.31 bits per heavy atom. The van der Waals surface area contributed by atoms with Crippen LogP contribution < -0.4 is 0 Å². The van der Waals surface area contributed by atoms with Gasteiger partial charge in [0.05, 0.1) is 0 Å². The van der Waals surface area contributed by atoms with E-state index in [2.05, 4.69) is 0 Å². The maximum absolute atomic E-state index is 12.9. The van der Waals surface area contributed by atoms with Crippen LogP contribution in [0, 0.1) is 0 Å². The zero-order chi connectivity index (χ0) is 12.6. The van der Waals surface area contributed by atoms with Crippen molar-refractivity contribution in [3.05, 3.63) is 0 Å². The number of nitrogens with zero attached hydrogens (tertiary/aromatic N) is 1. The molecule has 4 nitrogen and oxygen atoms in total. The van der Waals surface area contributed by atoms with Crippen LogP contribution in [-0.2, 0) is 9.59 Å². The number of halogens is 3. The minimum absolute atomic E-state index is 0.148. The Balaban J connectivity index is 3.25. The first-order valence-corrected chi connectivity index (χ1v) is 4.82. The van der Waals surface area contributed by atoms with Crippen LogP contribution in [0.15, 0.2) is 0 Å². The fraction of sp³-hybridized carbons (Fsp3) is 0.778. The molecule has 0 aromatic heterocycles. The highest BCUT2D eigenvalue weighted by Gasteiger charge is 2.65. The highest BCUT2D eigenvalue weighted by molar-refractivity contribution is 5.87. The van der Waals surface area contributed by atoms with Crippen molar-refractivity contribution in [1.82, 2.24) is 4.90 Å². The summed E-state index contributed by atoms with van der Waals surface area (Å²) in [5.41, 5.74) is -3.04. The first-order valence-electron chi connectivity index (χ1n) is 4.82. The molecule has 92 valence electrons. The molecule has 16 heavy (non-hydrogen) atoms. The lowest BCUT2D eigenvalue weighted by atomic mass is 9.85. The van der Waals surface area contributed by atoms with E-state index in [9.17, 15) is 22.8 Å². The van der Waals surface area contributed by atoms with Crippen molar-refractivity contribution in [2.24, 2.45) is 0 Å². The highest BCUT2D eigenvalue weighted by Crippen LogP contribution is 2.42.